The second-order valence-corrected chi connectivity index (χ2v) is 5.30. The summed E-state index contributed by atoms with van der Waals surface area (Å²) in [5.41, 5.74) is 2.38. The lowest BCUT2D eigenvalue weighted by atomic mass is 9.99. The summed E-state index contributed by atoms with van der Waals surface area (Å²) in [4.78, 5) is 22.0. The van der Waals surface area contributed by atoms with Crippen LogP contribution in [0.5, 0.6) is 0 Å². The lowest BCUT2D eigenvalue weighted by Gasteiger charge is -2.19. The van der Waals surface area contributed by atoms with Crippen molar-refractivity contribution < 1.29 is 9.90 Å². The molecule has 96 valence electrons. The maximum absolute atomic E-state index is 11.2. The largest absolute Gasteiger partial charge is 0.481 e. The number of fused-ring (bicyclic) bond motifs is 1. The summed E-state index contributed by atoms with van der Waals surface area (Å²) in [7, 11) is 0. The van der Waals surface area contributed by atoms with E-state index in [1.54, 1.807) is 6.33 Å². The van der Waals surface area contributed by atoms with Crippen LogP contribution in [0.2, 0.25) is 0 Å². The van der Waals surface area contributed by atoms with Crippen LogP contribution >= 0.6 is 0 Å². The van der Waals surface area contributed by atoms with Gasteiger partial charge in [-0.3, -0.25) is 4.79 Å². The van der Waals surface area contributed by atoms with Crippen molar-refractivity contribution in [2.24, 2.45) is 11.8 Å². The fourth-order valence-electron chi connectivity index (χ4n) is 3.08. The maximum Gasteiger partial charge on any atom is 0.308 e. The van der Waals surface area contributed by atoms with Crippen molar-refractivity contribution in [3.05, 3.63) is 17.6 Å². The number of aromatic nitrogens is 2. The Kier molecular flexibility index (Phi) is 2.69. The van der Waals surface area contributed by atoms with Crippen molar-refractivity contribution >= 4 is 11.8 Å². The van der Waals surface area contributed by atoms with Crippen LogP contribution in [0, 0.1) is 11.8 Å². The van der Waals surface area contributed by atoms with E-state index in [1.165, 1.54) is 5.56 Å². The smallest absolute Gasteiger partial charge is 0.308 e. The summed E-state index contributed by atoms with van der Waals surface area (Å²) in [6, 6.07) is 0. The number of aliphatic carboxylic acids is 1. The number of carbonyl (C=O) groups is 1. The van der Waals surface area contributed by atoms with Gasteiger partial charge in [-0.2, -0.15) is 0 Å². The minimum atomic E-state index is -0.698. The summed E-state index contributed by atoms with van der Waals surface area (Å²) >= 11 is 0. The van der Waals surface area contributed by atoms with E-state index in [2.05, 4.69) is 14.9 Å². The molecular formula is C13H17N3O2. The van der Waals surface area contributed by atoms with Gasteiger partial charge in [0, 0.05) is 24.3 Å². The van der Waals surface area contributed by atoms with Crippen molar-refractivity contribution in [3.8, 4) is 0 Å². The quantitative estimate of drug-likeness (QED) is 0.848. The second-order valence-electron chi connectivity index (χ2n) is 5.30. The maximum atomic E-state index is 11.2. The molecule has 0 aromatic carbocycles. The third kappa shape index (κ3) is 1.74. The first kappa shape index (κ1) is 11.4. The number of hydrogen-bond donors (Lipinski definition) is 1. The van der Waals surface area contributed by atoms with Crippen molar-refractivity contribution in [2.45, 2.75) is 26.2 Å². The van der Waals surface area contributed by atoms with Crippen LogP contribution in [0.15, 0.2) is 6.33 Å². The van der Waals surface area contributed by atoms with Gasteiger partial charge < -0.3 is 10.0 Å². The first-order chi connectivity index (χ1) is 8.66. The van der Waals surface area contributed by atoms with E-state index in [0.29, 0.717) is 6.54 Å². The highest BCUT2D eigenvalue weighted by Crippen LogP contribution is 2.33. The lowest BCUT2D eigenvalue weighted by Crippen LogP contribution is -2.24. The van der Waals surface area contributed by atoms with E-state index in [0.717, 1.165) is 37.3 Å². The fraction of sp³-hybridized carbons (Fsp3) is 0.615. The van der Waals surface area contributed by atoms with Crippen molar-refractivity contribution in [1.29, 1.82) is 0 Å². The van der Waals surface area contributed by atoms with Gasteiger partial charge in [0.15, 0.2) is 0 Å². The summed E-state index contributed by atoms with van der Waals surface area (Å²) in [6.45, 7) is 3.35. The molecule has 2 atom stereocenters. The van der Waals surface area contributed by atoms with Gasteiger partial charge in [-0.05, 0) is 25.2 Å². The van der Waals surface area contributed by atoms with Crippen LogP contribution in [0.3, 0.4) is 0 Å². The van der Waals surface area contributed by atoms with Crippen LogP contribution in [0.4, 0.5) is 5.82 Å². The normalized spacial score (nSPS) is 26.4. The van der Waals surface area contributed by atoms with Crippen molar-refractivity contribution in [1.82, 2.24) is 9.97 Å². The molecule has 5 nitrogen and oxygen atoms in total. The van der Waals surface area contributed by atoms with Gasteiger partial charge in [-0.25, -0.2) is 9.97 Å². The van der Waals surface area contributed by atoms with E-state index in [4.69, 9.17) is 0 Å². The molecule has 0 unspecified atom stereocenters. The molecule has 0 spiro atoms. The molecule has 0 amide bonds. The predicted molar refractivity (Wildman–Crippen MR) is 66.6 cm³/mol. The van der Waals surface area contributed by atoms with Gasteiger partial charge in [0.1, 0.15) is 12.1 Å². The fourth-order valence-corrected chi connectivity index (χ4v) is 3.08. The summed E-state index contributed by atoms with van der Waals surface area (Å²) < 4.78 is 0. The molecule has 1 saturated heterocycles. The Morgan fingerprint density at radius 1 is 1.39 bits per heavy atom. The highest BCUT2D eigenvalue weighted by molar-refractivity contribution is 5.72. The zero-order valence-electron chi connectivity index (χ0n) is 10.5. The van der Waals surface area contributed by atoms with Crippen molar-refractivity contribution in [2.75, 3.05) is 18.0 Å². The number of rotatable bonds is 2. The average Bonchev–Trinajstić information content (AvgIpc) is 2.94. The topological polar surface area (TPSA) is 66.3 Å². The molecule has 1 aliphatic heterocycles. The summed E-state index contributed by atoms with van der Waals surface area (Å²) in [5.74, 6) is 0.162. The molecule has 2 heterocycles. The van der Waals surface area contributed by atoms with E-state index >= 15 is 0 Å². The Morgan fingerprint density at radius 3 is 2.94 bits per heavy atom. The number of aryl methyl sites for hydroxylation is 1. The molecule has 1 fully saturated rings. The minimum Gasteiger partial charge on any atom is -0.481 e. The number of carboxylic acids is 1. The Labute approximate surface area is 106 Å². The molecule has 0 radical (unpaired) electrons. The molecular weight excluding hydrogens is 230 g/mol. The monoisotopic (exact) mass is 247 g/mol. The molecule has 1 N–H and O–H groups in total. The van der Waals surface area contributed by atoms with Crippen molar-refractivity contribution in [3.63, 3.8) is 0 Å². The molecule has 5 heteroatoms. The highest BCUT2D eigenvalue weighted by Gasteiger charge is 2.36. The van der Waals surface area contributed by atoms with Gasteiger partial charge >= 0.3 is 5.97 Å². The molecule has 0 bridgehead atoms. The molecule has 18 heavy (non-hydrogen) atoms. The number of hydrogen-bond acceptors (Lipinski definition) is 4. The van der Waals surface area contributed by atoms with Crippen LogP contribution in [-0.2, 0) is 17.6 Å². The second kappa shape index (κ2) is 4.23. The Morgan fingerprint density at radius 2 is 2.22 bits per heavy atom. The van der Waals surface area contributed by atoms with Gasteiger partial charge in [-0.15, -0.1) is 0 Å². The predicted octanol–water partition coefficient (Wildman–Crippen LogP) is 1.12. The van der Waals surface area contributed by atoms with Crippen LogP contribution < -0.4 is 4.90 Å². The van der Waals surface area contributed by atoms with E-state index in [1.807, 2.05) is 6.92 Å². The molecule has 1 aromatic rings. The molecule has 3 rings (SSSR count). The molecule has 1 aliphatic carbocycles. The number of carboxylic acid groups (broad SMARTS) is 1. The molecule has 1 aromatic heterocycles. The third-order valence-corrected chi connectivity index (χ3v) is 4.08. The van der Waals surface area contributed by atoms with Gasteiger partial charge in [-0.1, -0.05) is 6.92 Å². The zero-order chi connectivity index (χ0) is 12.7. The highest BCUT2D eigenvalue weighted by atomic mass is 16.4. The summed E-state index contributed by atoms with van der Waals surface area (Å²) in [5, 5.41) is 9.18. The van der Waals surface area contributed by atoms with Crippen LogP contribution in [0.25, 0.3) is 0 Å². The molecule has 0 saturated carbocycles. The number of nitrogens with zero attached hydrogens (tertiary/aromatic N) is 3. The van der Waals surface area contributed by atoms with E-state index in [9.17, 15) is 9.90 Å². The standard InChI is InChI=1S/C13H17N3O2/c1-8-5-16(6-10(8)13(17)18)12-9-3-2-4-11(9)14-7-15-12/h7-8,10H,2-6H2,1H3,(H,17,18)/t8-,10-/m1/s1. The Hall–Kier alpha value is -1.65. The van der Waals surface area contributed by atoms with Gasteiger partial charge in [0.05, 0.1) is 5.92 Å². The zero-order valence-corrected chi connectivity index (χ0v) is 10.5. The Balaban J connectivity index is 1.89. The first-order valence-corrected chi connectivity index (χ1v) is 6.47. The third-order valence-electron chi connectivity index (χ3n) is 4.08. The SMILES string of the molecule is C[C@@H]1CN(c2ncnc3c2CCC3)C[C@H]1C(=O)O. The van der Waals surface area contributed by atoms with E-state index in [-0.39, 0.29) is 11.8 Å². The van der Waals surface area contributed by atoms with Crippen LogP contribution in [-0.4, -0.2) is 34.1 Å². The minimum absolute atomic E-state index is 0.175. The Bertz CT molecular complexity index is 489. The van der Waals surface area contributed by atoms with E-state index < -0.39 is 5.97 Å². The van der Waals surface area contributed by atoms with Gasteiger partial charge in [0.2, 0.25) is 0 Å². The first-order valence-electron chi connectivity index (χ1n) is 6.47. The van der Waals surface area contributed by atoms with Gasteiger partial charge in [0.25, 0.3) is 0 Å². The summed E-state index contributed by atoms with van der Waals surface area (Å²) in [6.07, 6.45) is 4.79. The van der Waals surface area contributed by atoms with Crippen LogP contribution in [0.1, 0.15) is 24.6 Å². The molecule has 2 aliphatic rings. The number of anilines is 1. The average molecular weight is 247 g/mol. The lowest BCUT2D eigenvalue weighted by molar-refractivity contribution is -0.142.